The zero-order chi connectivity index (χ0) is 13.3. The summed E-state index contributed by atoms with van der Waals surface area (Å²) in [7, 11) is 3.23. The van der Waals surface area contributed by atoms with Crippen LogP contribution in [0.1, 0.15) is 22.9 Å². The number of aryl methyl sites for hydroxylation is 2. The molecule has 0 bridgehead atoms. The SMILES string of the molecule is COc1ccc(C(O)c2cn(C)nc2C)c(F)c1. The average Bonchev–Trinajstić information content (AvgIpc) is 2.67. The van der Waals surface area contributed by atoms with Crippen LogP contribution in [0.3, 0.4) is 0 Å². The molecule has 0 aliphatic heterocycles. The van der Waals surface area contributed by atoms with Crippen LogP contribution in [0.15, 0.2) is 24.4 Å². The molecule has 1 unspecified atom stereocenters. The summed E-state index contributed by atoms with van der Waals surface area (Å²) in [6.07, 6.45) is 0.661. The highest BCUT2D eigenvalue weighted by Gasteiger charge is 2.19. The monoisotopic (exact) mass is 250 g/mol. The minimum atomic E-state index is -1.02. The van der Waals surface area contributed by atoms with Crippen LogP contribution in [0, 0.1) is 12.7 Å². The lowest BCUT2D eigenvalue weighted by Crippen LogP contribution is -2.03. The second-order valence-electron chi connectivity index (χ2n) is 4.13. The third-order valence-corrected chi connectivity index (χ3v) is 2.85. The number of benzene rings is 1. The van der Waals surface area contributed by atoms with Crippen molar-refractivity contribution in [3.63, 3.8) is 0 Å². The number of halogens is 1. The van der Waals surface area contributed by atoms with Gasteiger partial charge in [-0.3, -0.25) is 4.68 Å². The number of ether oxygens (including phenoxy) is 1. The van der Waals surface area contributed by atoms with Gasteiger partial charge in [0.15, 0.2) is 0 Å². The molecule has 0 spiro atoms. The lowest BCUT2D eigenvalue weighted by atomic mass is 10.0. The molecule has 1 aromatic heterocycles. The van der Waals surface area contributed by atoms with Gasteiger partial charge in [-0.15, -0.1) is 0 Å². The number of aliphatic hydroxyl groups is 1. The van der Waals surface area contributed by atoms with Crippen molar-refractivity contribution in [2.45, 2.75) is 13.0 Å². The molecular formula is C13H15FN2O2. The summed E-state index contributed by atoms with van der Waals surface area (Å²) < 4.78 is 20.4. The summed E-state index contributed by atoms with van der Waals surface area (Å²) >= 11 is 0. The molecule has 0 aliphatic rings. The van der Waals surface area contributed by atoms with E-state index in [1.165, 1.54) is 19.2 Å². The Morgan fingerprint density at radius 1 is 1.39 bits per heavy atom. The molecule has 0 amide bonds. The van der Waals surface area contributed by atoms with E-state index in [0.717, 1.165) is 0 Å². The molecule has 0 fully saturated rings. The Morgan fingerprint density at radius 2 is 2.11 bits per heavy atom. The lowest BCUT2D eigenvalue weighted by molar-refractivity contribution is 0.214. The maximum atomic E-state index is 13.8. The highest BCUT2D eigenvalue weighted by Crippen LogP contribution is 2.28. The fourth-order valence-corrected chi connectivity index (χ4v) is 1.91. The Kier molecular flexibility index (Phi) is 3.34. The Balaban J connectivity index is 2.39. The molecule has 1 heterocycles. The summed E-state index contributed by atoms with van der Waals surface area (Å²) in [5.74, 6) is -0.0727. The molecule has 2 aromatic rings. The average molecular weight is 250 g/mol. The Labute approximate surface area is 105 Å². The third kappa shape index (κ3) is 2.22. The Bertz CT molecular complexity index is 566. The molecule has 0 saturated heterocycles. The normalized spacial score (nSPS) is 12.5. The summed E-state index contributed by atoms with van der Waals surface area (Å²) in [6, 6.07) is 4.39. The van der Waals surface area contributed by atoms with Crippen LogP contribution in [-0.4, -0.2) is 22.0 Å². The molecule has 5 heteroatoms. The van der Waals surface area contributed by atoms with Crippen molar-refractivity contribution in [1.29, 1.82) is 0 Å². The maximum absolute atomic E-state index is 13.8. The van der Waals surface area contributed by atoms with E-state index in [1.807, 2.05) is 0 Å². The first kappa shape index (κ1) is 12.6. The van der Waals surface area contributed by atoms with Crippen LogP contribution < -0.4 is 4.74 Å². The van der Waals surface area contributed by atoms with Crippen molar-refractivity contribution in [2.75, 3.05) is 7.11 Å². The topological polar surface area (TPSA) is 47.3 Å². The number of hydrogen-bond acceptors (Lipinski definition) is 3. The fraction of sp³-hybridized carbons (Fsp3) is 0.308. The van der Waals surface area contributed by atoms with E-state index in [4.69, 9.17) is 4.74 Å². The summed E-state index contributed by atoms with van der Waals surface area (Å²) in [4.78, 5) is 0. The summed E-state index contributed by atoms with van der Waals surface area (Å²) in [6.45, 7) is 1.78. The van der Waals surface area contributed by atoms with Crippen LogP contribution >= 0.6 is 0 Å². The van der Waals surface area contributed by atoms with Crippen LogP contribution in [0.5, 0.6) is 5.75 Å². The second kappa shape index (κ2) is 4.78. The van der Waals surface area contributed by atoms with E-state index in [-0.39, 0.29) is 5.56 Å². The Hall–Kier alpha value is -1.88. The predicted octanol–water partition coefficient (Wildman–Crippen LogP) is 1.96. The van der Waals surface area contributed by atoms with Crippen LogP contribution in [0.25, 0.3) is 0 Å². The highest BCUT2D eigenvalue weighted by molar-refractivity contribution is 5.35. The Morgan fingerprint density at radius 3 is 2.61 bits per heavy atom. The van der Waals surface area contributed by atoms with Gasteiger partial charge in [-0.2, -0.15) is 5.10 Å². The number of hydrogen-bond donors (Lipinski definition) is 1. The quantitative estimate of drug-likeness (QED) is 0.905. The number of aliphatic hydroxyl groups excluding tert-OH is 1. The standard InChI is InChI=1S/C13H15FN2O2/c1-8-11(7-16(2)15-8)13(17)10-5-4-9(18-3)6-12(10)14/h4-7,13,17H,1-3H3. The van der Waals surface area contributed by atoms with E-state index >= 15 is 0 Å². The smallest absolute Gasteiger partial charge is 0.133 e. The highest BCUT2D eigenvalue weighted by atomic mass is 19.1. The molecule has 2 rings (SSSR count). The van der Waals surface area contributed by atoms with Crippen LogP contribution in [-0.2, 0) is 7.05 Å². The molecule has 4 nitrogen and oxygen atoms in total. The maximum Gasteiger partial charge on any atom is 0.133 e. The van der Waals surface area contributed by atoms with Crippen LogP contribution in [0.4, 0.5) is 4.39 Å². The first-order chi connectivity index (χ1) is 8.52. The van der Waals surface area contributed by atoms with E-state index in [2.05, 4.69) is 5.10 Å². The van der Waals surface area contributed by atoms with Gasteiger partial charge in [0.1, 0.15) is 17.7 Å². The molecule has 0 radical (unpaired) electrons. The molecule has 96 valence electrons. The summed E-state index contributed by atoms with van der Waals surface area (Å²) in [5.41, 5.74) is 1.49. The minimum absolute atomic E-state index is 0.215. The van der Waals surface area contributed by atoms with E-state index in [0.29, 0.717) is 17.0 Å². The van der Waals surface area contributed by atoms with Gasteiger partial charge in [0, 0.05) is 30.4 Å². The van der Waals surface area contributed by atoms with E-state index < -0.39 is 11.9 Å². The van der Waals surface area contributed by atoms with E-state index in [1.54, 1.807) is 30.9 Å². The number of aromatic nitrogens is 2. The second-order valence-corrected chi connectivity index (χ2v) is 4.13. The van der Waals surface area contributed by atoms with Gasteiger partial charge in [-0.25, -0.2) is 4.39 Å². The zero-order valence-electron chi connectivity index (χ0n) is 10.5. The zero-order valence-corrected chi connectivity index (χ0v) is 10.5. The first-order valence-corrected chi connectivity index (χ1v) is 5.54. The van der Waals surface area contributed by atoms with Crippen molar-refractivity contribution < 1.29 is 14.2 Å². The van der Waals surface area contributed by atoms with Gasteiger partial charge in [0.05, 0.1) is 12.8 Å². The van der Waals surface area contributed by atoms with Crippen molar-refractivity contribution in [3.05, 3.63) is 47.0 Å². The number of methoxy groups -OCH3 is 1. The third-order valence-electron chi connectivity index (χ3n) is 2.85. The molecule has 1 aromatic carbocycles. The van der Waals surface area contributed by atoms with Crippen molar-refractivity contribution in [1.82, 2.24) is 9.78 Å². The molecule has 0 saturated carbocycles. The van der Waals surface area contributed by atoms with E-state index in [9.17, 15) is 9.50 Å². The minimum Gasteiger partial charge on any atom is -0.497 e. The van der Waals surface area contributed by atoms with Gasteiger partial charge in [-0.05, 0) is 19.1 Å². The van der Waals surface area contributed by atoms with Crippen molar-refractivity contribution >= 4 is 0 Å². The number of nitrogens with zero attached hydrogens (tertiary/aromatic N) is 2. The predicted molar refractivity (Wildman–Crippen MR) is 65.0 cm³/mol. The molecular weight excluding hydrogens is 235 g/mol. The molecule has 18 heavy (non-hydrogen) atoms. The van der Waals surface area contributed by atoms with Crippen molar-refractivity contribution in [3.8, 4) is 5.75 Å². The largest absolute Gasteiger partial charge is 0.497 e. The lowest BCUT2D eigenvalue weighted by Gasteiger charge is -2.12. The van der Waals surface area contributed by atoms with Gasteiger partial charge in [0.2, 0.25) is 0 Å². The fourth-order valence-electron chi connectivity index (χ4n) is 1.91. The van der Waals surface area contributed by atoms with Crippen molar-refractivity contribution in [2.24, 2.45) is 7.05 Å². The molecule has 0 aliphatic carbocycles. The molecule has 1 atom stereocenters. The van der Waals surface area contributed by atoms with Gasteiger partial charge >= 0.3 is 0 Å². The molecule has 1 N–H and O–H groups in total. The number of rotatable bonds is 3. The first-order valence-electron chi connectivity index (χ1n) is 5.54. The van der Waals surface area contributed by atoms with Crippen LogP contribution in [0.2, 0.25) is 0 Å². The van der Waals surface area contributed by atoms with Gasteiger partial charge < -0.3 is 9.84 Å². The summed E-state index contributed by atoms with van der Waals surface area (Å²) in [5, 5.41) is 14.3. The van der Waals surface area contributed by atoms with Gasteiger partial charge in [0.25, 0.3) is 0 Å². The van der Waals surface area contributed by atoms with Gasteiger partial charge in [-0.1, -0.05) is 0 Å².